The van der Waals surface area contributed by atoms with E-state index in [0.29, 0.717) is 5.56 Å². The zero-order valence-corrected chi connectivity index (χ0v) is 10.4. The van der Waals surface area contributed by atoms with Crippen molar-refractivity contribution in [2.75, 3.05) is 6.54 Å². The van der Waals surface area contributed by atoms with Crippen molar-refractivity contribution in [2.45, 2.75) is 31.4 Å². The molecule has 1 heterocycles. The SMILES string of the molecule is O=C(O)C1CC(F)CN1Cc1ccc(C(F)(F)F)cc1. The lowest BCUT2D eigenvalue weighted by Crippen LogP contribution is -2.35. The van der Waals surface area contributed by atoms with Crippen LogP contribution in [-0.4, -0.2) is 34.7 Å². The van der Waals surface area contributed by atoms with Crippen molar-refractivity contribution < 1.29 is 27.5 Å². The summed E-state index contributed by atoms with van der Waals surface area (Å²) in [5.74, 6) is -1.11. The number of hydrogen-bond donors (Lipinski definition) is 1. The quantitative estimate of drug-likeness (QED) is 0.871. The van der Waals surface area contributed by atoms with E-state index in [1.807, 2.05) is 0 Å². The van der Waals surface area contributed by atoms with E-state index in [-0.39, 0.29) is 19.5 Å². The Morgan fingerprint density at radius 3 is 2.40 bits per heavy atom. The van der Waals surface area contributed by atoms with Crippen LogP contribution in [0.1, 0.15) is 17.5 Å². The first-order chi connectivity index (χ1) is 9.27. The Kier molecular flexibility index (Phi) is 3.99. The number of aliphatic carboxylic acids is 1. The average molecular weight is 291 g/mol. The molecule has 0 aliphatic carbocycles. The smallest absolute Gasteiger partial charge is 0.416 e. The lowest BCUT2D eigenvalue weighted by molar-refractivity contribution is -0.142. The van der Waals surface area contributed by atoms with E-state index in [9.17, 15) is 22.4 Å². The predicted octanol–water partition coefficient (Wildman–Crippen LogP) is 2.70. The maximum atomic E-state index is 13.3. The molecule has 0 aromatic heterocycles. The Bertz CT molecular complexity index is 486. The number of likely N-dealkylation sites (tertiary alicyclic amines) is 1. The van der Waals surface area contributed by atoms with Crippen molar-refractivity contribution in [2.24, 2.45) is 0 Å². The summed E-state index contributed by atoms with van der Waals surface area (Å²) in [4.78, 5) is 12.4. The number of nitrogens with zero attached hydrogens (tertiary/aromatic N) is 1. The third-order valence-electron chi connectivity index (χ3n) is 3.30. The highest BCUT2D eigenvalue weighted by molar-refractivity contribution is 5.74. The molecule has 1 fully saturated rings. The second-order valence-corrected chi connectivity index (χ2v) is 4.81. The average Bonchev–Trinajstić information content (AvgIpc) is 2.70. The third kappa shape index (κ3) is 3.27. The van der Waals surface area contributed by atoms with E-state index in [0.717, 1.165) is 12.1 Å². The summed E-state index contributed by atoms with van der Waals surface area (Å²) in [6.45, 7) is 0.105. The second-order valence-electron chi connectivity index (χ2n) is 4.81. The Labute approximate surface area is 112 Å². The summed E-state index contributed by atoms with van der Waals surface area (Å²) >= 11 is 0. The van der Waals surface area contributed by atoms with Gasteiger partial charge in [-0.15, -0.1) is 0 Å². The topological polar surface area (TPSA) is 40.5 Å². The van der Waals surface area contributed by atoms with E-state index in [1.54, 1.807) is 0 Å². The monoisotopic (exact) mass is 291 g/mol. The lowest BCUT2D eigenvalue weighted by atomic mass is 10.1. The highest BCUT2D eigenvalue weighted by atomic mass is 19.4. The second kappa shape index (κ2) is 5.40. The summed E-state index contributed by atoms with van der Waals surface area (Å²) in [5.41, 5.74) is -0.237. The zero-order chi connectivity index (χ0) is 14.9. The van der Waals surface area contributed by atoms with Crippen LogP contribution < -0.4 is 0 Å². The molecule has 0 amide bonds. The summed E-state index contributed by atoms with van der Waals surface area (Å²) in [6.07, 6.45) is -5.71. The number of hydrogen-bond acceptors (Lipinski definition) is 2. The lowest BCUT2D eigenvalue weighted by Gasteiger charge is -2.20. The molecule has 20 heavy (non-hydrogen) atoms. The van der Waals surface area contributed by atoms with E-state index < -0.39 is 29.9 Å². The van der Waals surface area contributed by atoms with Crippen LogP contribution in [0.2, 0.25) is 0 Å². The first-order valence-corrected chi connectivity index (χ1v) is 6.04. The van der Waals surface area contributed by atoms with Crippen LogP contribution in [0.25, 0.3) is 0 Å². The van der Waals surface area contributed by atoms with Gasteiger partial charge in [-0.25, -0.2) is 4.39 Å². The van der Waals surface area contributed by atoms with Gasteiger partial charge in [0.15, 0.2) is 0 Å². The molecule has 0 spiro atoms. The molecule has 2 rings (SSSR count). The molecular formula is C13H13F4NO2. The van der Waals surface area contributed by atoms with Gasteiger partial charge < -0.3 is 5.11 Å². The standard InChI is InChI=1S/C13H13F4NO2/c14-10-5-11(12(19)20)18(7-10)6-8-1-3-9(4-2-8)13(15,16)17/h1-4,10-11H,5-7H2,(H,19,20). The van der Waals surface area contributed by atoms with Gasteiger partial charge in [0, 0.05) is 19.5 Å². The molecule has 1 aliphatic rings. The highest BCUT2D eigenvalue weighted by Gasteiger charge is 2.37. The normalized spacial score (nSPS) is 24.0. The van der Waals surface area contributed by atoms with E-state index in [1.165, 1.54) is 17.0 Å². The van der Waals surface area contributed by atoms with Crippen molar-refractivity contribution >= 4 is 5.97 Å². The first kappa shape index (κ1) is 14.8. The van der Waals surface area contributed by atoms with Gasteiger partial charge in [0.05, 0.1) is 5.56 Å². The maximum absolute atomic E-state index is 13.3. The van der Waals surface area contributed by atoms with Gasteiger partial charge in [-0.1, -0.05) is 12.1 Å². The van der Waals surface area contributed by atoms with Crippen LogP contribution in [0.4, 0.5) is 17.6 Å². The molecule has 7 heteroatoms. The first-order valence-electron chi connectivity index (χ1n) is 6.04. The van der Waals surface area contributed by atoms with Crippen molar-refractivity contribution in [1.82, 2.24) is 4.90 Å². The molecular weight excluding hydrogens is 278 g/mol. The van der Waals surface area contributed by atoms with E-state index in [4.69, 9.17) is 5.11 Å². The molecule has 2 unspecified atom stereocenters. The van der Waals surface area contributed by atoms with Gasteiger partial charge in [-0.3, -0.25) is 9.69 Å². The van der Waals surface area contributed by atoms with Crippen molar-refractivity contribution in [3.8, 4) is 0 Å². The molecule has 0 bridgehead atoms. The molecule has 110 valence electrons. The molecule has 1 aromatic rings. The number of carboxylic acid groups (broad SMARTS) is 1. The van der Waals surface area contributed by atoms with Crippen LogP contribution in [0.3, 0.4) is 0 Å². The van der Waals surface area contributed by atoms with Crippen LogP contribution in [0.5, 0.6) is 0 Å². The molecule has 0 radical (unpaired) electrons. The van der Waals surface area contributed by atoms with Gasteiger partial charge >= 0.3 is 12.1 Å². The fraction of sp³-hybridized carbons (Fsp3) is 0.462. The number of carbonyl (C=O) groups is 1. The minimum absolute atomic E-state index is 0.0159. The van der Waals surface area contributed by atoms with Gasteiger partial charge in [-0.05, 0) is 17.7 Å². The molecule has 2 atom stereocenters. The van der Waals surface area contributed by atoms with Gasteiger partial charge in [0.1, 0.15) is 12.2 Å². The Hall–Kier alpha value is -1.63. The van der Waals surface area contributed by atoms with Gasteiger partial charge in [0.2, 0.25) is 0 Å². The fourth-order valence-corrected chi connectivity index (χ4v) is 2.31. The van der Waals surface area contributed by atoms with E-state index in [2.05, 4.69) is 0 Å². The van der Waals surface area contributed by atoms with Gasteiger partial charge in [0.25, 0.3) is 0 Å². The Morgan fingerprint density at radius 2 is 1.90 bits per heavy atom. The van der Waals surface area contributed by atoms with Crippen LogP contribution in [0.15, 0.2) is 24.3 Å². The number of rotatable bonds is 3. The molecule has 1 saturated heterocycles. The summed E-state index contributed by atoms with van der Waals surface area (Å²) in [6, 6.07) is 3.52. The molecule has 0 saturated carbocycles. The minimum atomic E-state index is -4.40. The number of benzene rings is 1. The Balaban J connectivity index is 2.08. The molecule has 1 aromatic carbocycles. The van der Waals surface area contributed by atoms with Gasteiger partial charge in [-0.2, -0.15) is 13.2 Å². The third-order valence-corrected chi connectivity index (χ3v) is 3.30. The van der Waals surface area contributed by atoms with Crippen molar-refractivity contribution in [1.29, 1.82) is 0 Å². The van der Waals surface area contributed by atoms with Crippen molar-refractivity contribution in [3.63, 3.8) is 0 Å². The van der Waals surface area contributed by atoms with Crippen LogP contribution in [0, 0.1) is 0 Å². The van der Waals surface area contributed by atoms with Crippen LogP contribution in [-0.2, 0) is 17.5 Å². The number of carboxylic acids is 1. The molecule has 1 aliphatic heterocycles. The Morgan fingerprint density at radius 1 is 1.30 bits per heavy atom. The van der Waals surface area contributed by atoms with E-state index >= 15 is 0 Å². The summed E-state index contributed by atoms with van der Waals surface area (Å²) in [7, 11) is 0. The predicted molar refractivity (Wildman–Crippen MR) is 62.8 cm³/mol. The highest BCUT2D eigenvalue weighted by Crippen LogP contribution is 2.30. The zero-order valence-electron chi connectivity index (χ0n) is 10.4. The van der Waals surface area contributed by atoms with Crippen molar-refractivity contribution in [3.05, 3.63) is 35.4 Å². The fourth-order valence-electron chi connectivity index (χ4n) is 2.31. The number of halogens is 4. The summed E-state index contributed by atoms with van der Waals surface area (Å²) < 4.78 is 50.5. The summed E-state index contributed by atoms with van der Waals surface area (Å²) in [5, 5.41) is 8.97. The largest absolute Gasteiger partial charge is 0.480 e. The maximum Gasteiger partial charge on any atom is 0.416 e. The number of alkyl halides is 4. The molecule has 1 N–H and O–H groups in total. The van der Waals surface area contributed by atoms with Crippen LogP contribution >= 0.6 is 0 Å². The molecule has 3 nitrogen and oxygen atoms in total. The minimum Gasteiger partial charge on any atom is -0.480 e.